The van der Waals surface area contributed by atoms with Crippen molar-refractivity contribution in [3.05, 3.63) is 121 Å². The van der Waals surface area contributed by atoms with Gasteiger partial charge >= 0.3 is 216 Å². The van der Waals surface area contributed by atoms with E-state index in [-0.39, 0.29) is 18.7 Å². The van der Waals surface area contributed by atoms with Gasteiger partial charge in [-0.05, 0) is 0 Å². The van der Waals surface area contributed by atoms with Gasteiger partial charge in [0.25, 0.3) is 0 Å². The summed E-state index contributed by atoms with van der Waals surface area (Å²) in [5, 5.41) is 12.4. The van der Waals surface area contributed by atoms with E-state index in [4.69, 9.17) is 8.81 Å². The molecule has 0 aliphatic heterocycles. The van der Waals surface area contributed by atoms with E-state index >= 15 is 0 Å². The summed E-state index contributed by atoms with van der Waals surface area (Å²) in [6.45, 7) is -0.246. The molecule has 0 aliphatic rings. The second-order valence-corrected chi connectivity index (χ2v) is 17.8. The first-order valence-electron chi connectivity index (χ1n) is 11.7. The second-order valence-electron chi connectivity index (χ2n) is 8.40. The van der Waals surface area contributed by atoms with Crippen LogP contribution in [0.5, 0.6) is 5.75 Å². The number of nitrogens with two attached hydrogens (primary N) is 1. The van der Waals surface area contributed by atoms with Gasteiger partial charge < -0.3 is 0 Å². The summed E-state index contributed by atoms with van der Waals surface area (Å²) in [7, 11) is 0. The SMILES string of the molecule is NCC(=O)N[C@H](Cc1ccc(O)cc1)C(=O)[O][Sn]([c]1ccccc1)([c]1ccccc1)[c]1ccccc1. The van der Waals surface area contributed by atoms with Crippen LogP contribution in [0.15, 0.2) is 115 Å². The number of nitrogens with one attached hydrogen (secondary N) is 1. The van der Waals surface area contributed by atoms with Gasteiger partial charge in [0.15, 0.2) is 0 Å². The topological polar surface area (TPSA) is 102 Å². The molecule has 0 radical (unpaired) electrons. The van der Waals surface area contributed by atoms with Gasteiger partial charge in [-0.2, -0.15) is 0 Å². The number of carbonyl (C=O) groups excluding carboxylic acids is 2. The summed E-state index contributed by atoms with van der Waals surface area (Å²) < 4.78 is 9.60. The molecular formula is C29H28N2O4Sn. The third-order valence-corrected chi connectivity index (χ3v) is 17.2. The number of hydrogen-bond donors (Lipinski definition) is 3. The number of aromatic hydroxyl groups is 1. The van der Waals surface area contributed by atoms with Crippen LogP contribution in [-0.2, 0) is 19.1 Å². The van der Waals surface area contributed by atoms with Gasteiger partial charge in [-0.1, -0.05) is 0 Å². The van der Waals surface area contributed by atoms with Crippen molar-refractivity contribution in [3.63, 3.8) is 0 Å². The van der Waals surface area contributed by atoms with E-state index in [1.54, 1.807) is 24.3 Å². The Balaban J connectivity index is 1.81. The van der Waals surface area contributed by atoms with Crippen molar-refractivity contribution in [1.29, 1.82) is 0 Å². The zero-order valence-corrected chi connectivity index (χ0v) is 22.6. The fraction of sp³-hybridized carbons (Fsp3) is 0.103. The van der Waals surface area contributed by atoms with Crippen molar-refractivity contribution in [2.24, 2.45) is 5.73 Å². The monoisotopic (exact) mass is 588 g/mol. The molecule has 4 rings (SSSR count). The van der Waals surface area contributed by atoms with Crippen molar-refractivity contribution >= 4 is 41.4 Å². The Morgan fingerprint density at radius 3 is 1.61 bits per heavy atom. The van der Waals surface area contributed by atoms with Crippen LogP contribution in [0.1, 0.15) is 5.56 Å². The normalized spacial score (nSPS) is 11.9. The van der Waals surface area contributed by atoms with Crippen LogP contribution in [0.4, 0.5) is 0 Å². The fourth-order valence-corrected chi connectivity index (χ4v) is 15.0. The molecule has 1 atom stereocenters. The molecule has 1 amide bonds. The van der Waals surface area contributed by atoms with Crippen LogP contribution in [0.3, 0.4) is 0 Å². The van der Waals surface area contributed by atoms with Crippen molar-refractivity contribution in [2.75, 3.05) is 6.54 Å². The Bertz CT molecular complexity index is 1190. The Morgan fingerprint density at radius 2 is 1.19 bits per heavy atom. The number of phenols is 1. The van der Waals surface area contributed by atoms with Crippen molar-refractivity contribution in [2.45, 2.75) is 12.5 Å². The van der Waals surface area contributed by atoms with Crippen molar-refractivity contribution in [1.82, 2.24) is 5.32 Å². The Hall–Kier alpha value is -3.62. The number of phenolic OH excluding ortho intramolecular Hbond substituents is 1. The van der Waals surface area contributed by atoms with Gasteiger partial charge in [-0.3, -0.25) is 0 Å². The number of amides is 1. The van der Waals surface area contributed by atoms with Crippen LogP contribution in [0.2, 0.25) is 0 Å². The predicted octanol–water partition coefficient (Wildman–Crippen LogP) is 1.59. The molecule has 0 spiro atoms. The molecule has 36 heavy (non-hydrogen) atoms. The molecule has 0 saturated carbocycles. The average Bonchev–Trinajstić information content (AvgIpc) is 2.93. The number of hydrogen-bond acceptors (Lipinski definition) is 5. The van der Waals surface area contributed by atoms with E-state index in [0.717, 1.165) is 16.3 Å². The summed E-state index contributed by atoms with van der Waals surface area (Å²) in [4.78, 5) is 26.2. The molecule has 0 bridgehead atoms. The Morgan fingerprint density at radius 1 is 0.750 bits per heavy atom. The predicted molar refractivity (Wildman–Crippen MR) is 143 cm³/mol. The summed E-state index contributed by atoms with van der Waals surface area (Å²) in [6.07, 6.45) is 0.200. The molecular weight excluding hydrogens is 559 g/mol. The zero-order valence-electron chi connectivity index (χ0n) is 19.7. The van der Waals surface area contributed by atoms with E-state index in [1.807, 2.05) is 91.0 Å². The van der Waals surface area contributed by atoms with Gasteiger partial charge in [0.05, 0.1) is 0 Å². The van der Waals surface area contributed by atoms with E-state index in [2.05, 4.69) is 5.32 Å². The molecule has 4 aromatic rings. The van der Waals surface area contributed by atoms with Gasteiger partial charge in [0.1, 0.15) is 0 Å². The zero-order chi connectivity index (χ0) is 25.4. The quantitative estimate of drug-likeness (QED) is 0.259. The molecule has 0 unspecified atom stereocenters. The van der Waals surface area contributed by atoms with Gasteiger partial charge in [0, 0.05) is 0 Å². The van der Waals surface area contributed by atoms with Crippen LogP contribution in [-0.4, -0.2) is 48.4 Å². The van der Waals surface area contributed by atoms with Gasteiger partial charge in [0.2, 0.25) is 0 Å². The molecule has 4 aromatic carbocycles. The minimum absolute atomic E-state index is 0.122. The summed E-state index contributed by atoms with van der Waals surface area (Å²) in [5.41, 5.74) is 6.32. The molecule has 0 saturated heterocycles. The number of benzene rings is 4. The molecule has 0 fully saturated rings. The number of rotatable bonds is 9. The average molecular weight is 587 g/mol. The fourth-order valence-electron chi connectivity index (χ4n) is 4.23. The molecule has 182 valence electrons. The second kappa shape index (κ2) is 11.9. The molecule has 6 nitrogen and oxygen atoms in total. The first-order valence-corrected chi connectivity index (χ1v) is 17.1. The summed E-state index contributed by atoms with van der Waals surface area (Å²) >= 11 is -4.36. The van der Waals surface area contributed by atoms with Crippen molar-refractivity contribution < 1.29 is 17.8 Å². The van der Waals surface area contributed by atoms with E-state index in [9.17, 15) is 14.7 Å². The van der Waals surface area contributed by atoms with Crippen molar-refractivity contribution in [3.8, 4) is 5.75 Å². The van der Waals surface area contributed by atoms with E-state index in [1.165, 1.54) is 0 Å². The molecule has 0 aromatic heterocycles. The number of carbonyl (C=O) groups is 2. The van der Waals surface area contributed by atoms with E-state index < -0.39 is 36.7 Å². The first kappa shape index (κ1) is 25.5. The summed E-state index contributed by atoms with van der Waals surface area (Å²) in [5.74, 6) is -0.843. The third-order valence-electron chi connectivity index (χ3n) is 5.98. The summed E-state index contributed by atoms with van der Waals surface area (Å²) in [6, 6.07) is 35.1. The maximum atomic E-state index is 13.9. The maximum absolute atomic E-state index is 13.9. The molecule has 4 N–H and O–H groups in total. The third kappa shape index (κ3) is 5.78. The molecule has 0 aliphatic carbocycles. The minimum atomic E-state index is -4.36. The Kier molecular flexibility index (Phi) is 8.40. The van der Waals surface area contributed by atoms with Crippen LogP contribution < -0.4 is 21.8 Å². The van der Waals surface area contributed by atoms with Gasteiger partial charge in [-0.15, -0.1) is 0 Å². The van der Waals surface area contributed by atoms with E-state index in [0.29, 0.717) is 0 Å². The van der Waals surface area contributed by atoms with Crippen LogP contribution in [0, 0.1) is 0 Å². The molecule has 0 heterocycles. The first-order chi connectivity index (χ1) is 17.5. The van der Waals surface area contributed by atoms with Crippen LogP contribution in [0.25, 0.3) is 0 Å². The standard InChI is InChI=1S/C11H14N2O4.3C6H5.Sn/c12-6-10(15)13-9(11(16)17)5-7-1-3-8(14)4-2-7;3*1-2-4-6-5-3-1;/h1-4,9,14H,5-6,12H2,(H,13,15)(H,16,17);3*1-5H;/q;;;;+1/p-1/t9-;;;;/m1..../s1. The van der Waals surface area contributed by atoms with Gasteiger partial charge in [-0.25, -0.2) is 0 Å². The van der Waals surface area contributed by atoms with Crippen LogP contribution >= 0.6 is 0 Å². The Labute approximate surface area is 215 Å². The molecule has 7 heteroatoms.